The van der Waals surface area contributed by atoms with Crippen molar-refractivity contribution in [1.29, 1.82) is 0 Å². The highest BCUT2D eigenvalue weighted by atomic mass is 79.9. The third kappa shape index (κ3) is 6.23. The van der Waals surface area contributed by atoms with Gasteiger partial charge in [0, 0.05) is 17.0 Å². The second-order valence-electron chi connectivity index (χ2n) is 5.16. The molecule has 6 heteroatoms. The third-order valence-electron chi connectivity index (χ3n) is 2.20. The Bertz CT molecular complexity index is 460. The number of alkyl carbamates (subject to hydrolysis) is 1. The van der Waals surface area contributed by atoms with Crippen LogP contribution in [0.1, 0.15) is 26.3 Å². The van der Waals surface area contributed by atoms with Crippen molar-refractivity contribution >= 4 is 22.0 Å². The SMILES string of the molecule is CC(C)(C)OC(=O)NCCOc1cc(F)ccc1CBr. The fourth-order valence-corrected chi connectivity index (χ4v) is 1.86. The molecule has 1 aromatic carbocycles. The minimum absolute atomic E-state index is 0.239. The summed E-state index contributed by atoms with van der Waals surface area (Å²) in [4.78, 5) is 11.4. The van der Waals surface area contributed by atoms with E-state index in [-0.39, 0.29) is 19.0 Å². The Balaban J connectivity index is 2.38. The molecule has 1 aromatic rings. The molecule has 1 amide bonds. The second kappa shape index (κ2) is 7.47. The molecule has 0 aliphatic rings. The summed E-state index contributed by atoms with van der Waals surface area (Å²) in [6.45, 7) is 5.89. The van der Waals surface area contributed by atoms with Crippen LogP contribution in [-0.2, 0) is 10.1 Å². The van der Waals surface area contributed by atoms with Gasteiger partial charge in [0.05, 0.1) is 6.54 Å². The van der Waals surface area contributed by atoms with Crippen molar-refractivity contribution in [3.63, 3.8) is 0 Å². The minimum Gasteiger partial charge on any atom is -0.491 e. The lowest BCUT2D eigenvalue weighted by Gasteiger charge is -2.19. The van der Waals surface area contributed by atoms with Gasteiger partial charge in [-0.15, -0.1) is 0 Å². The summed E-state index contributed by atoms with van der Waals surface area (Å²) < 4.78 is 23.7. The predicted molar refractivity (Wildman–Crippen MR) is 78.8 cm³/mol. The topological polar surface area (TPSA) is 47.6 Å². The Morgan fingerprint density at radius 3 is 2.70 bits per heavy atom. The van der Waals surface area contributed by atoms with Crippen molar-refractivity contribution in [3.8, 4) is 5.75 Å². The van der Waals surface area contributed by atoms with Crippen molar-refractivity contribution in [2.24, 2.45) is 0 Å². The standard InChI is InChI=1S/C14H19BrFNO3/c1-14(2,3)20-13(18)17-6-7-19-12-8-11(16)5-4-10(12)9-15/h4-5,8H,6-7,9H2,1-3H3,(H,17,18). The van der Waals surface area contributed by atoms with Gasteiger partial charge in [0.1, 0.15) is 23.8 Å². The van der Waals surface area contributed by atoms with Gasteiger partial charge < -0.3 is 14.8 Å². The normalized spacial score (nSPS) is 11.1. The Hall–Kier alpha value is -1.30. The lowest BCUT2D eigenvalue weighted by Crippen LogP contribution is -2.34. The molecule has 0 aliphatic carbocycles. The third-order valence-corrected chi connectivity index (χ3v) is 2.81. The molecule has 0 aromatic heterocycles. The van der Waals surface area contributed by atoms with Gasteiger partial charge in [0.15, 0.2) is 0 Å². The molecule has 0 saturated carbocycles. The Labute approximate surface area is 126 Å². The monoisotopic (exact) mass is 347 g/mol. The van der Waals surface area contributed by atoms with E-state index in [1.165, 1.54) is 12.1 Å². The zero-order valence-electron chi connectivity index (χ0n) is 11.8. The Morgan fingerprint density at radius 2 is 2.10 bits per heavy atom. The maximum atomic E-state index is 13.1. The quantitative estimate of drug-likeness (QED) is 0.653. The molecule has 0 heterocycles. The van der Waals surface area contributed by atoms with E-state index in [1.807, 2.05) is 0 Å². The molecule has 0 radical (unpaired) electrons. The fraction of sp³-hybridized carbons (Fsp3) is 0.500. The highest BCUT2D eigenvalue weighted by Crippen LogP contribution is 2.22. The molecule has 20 heavy (non-hydrogen) atoms. The summed E-state index contributed by atoms with van der Waals surface area (Å²) in [5.74, 6) is 0.109. The van der Waals surface area contributed by atoms with Crippen LogP contribution in [0.25, 0.3) is 0 Å². The summed E-state index contributed by atoms with van der Waals surface area (Å²) in [5, 5.41) is 3.14. The van der Waals surface area contributed by atoms with E-state index in [9.17, 15) is 9.18 Å². The molecule has 1 N–H and O–H groups in total. The smallest absolute Gasteiger partial charge is 0.407 e. The summed E-state index contributed by atoms with van der Waals surface area (Å²) in [7, 11) is 0. The first-order valence-electron chi connectivity index (χ1n) is 6.26. The largest absolute Gasteiger partial charge is 0.491 e. The maximum absolute atomic E-state index is 13.1. The summed E-state index contributed by atoms with van der Waals surface area (Å²) in [6, 6.07) is 4.35. The molecule has 1 rings (SSSR count). The van der Waals surface area contributed by atoms with Crippen LogP contribution in [-0.4, -0.2) is 24.8 Å². The first-order valence-corrected chi connectivity index (χ1v) is 7.38. The number of alkyl halides is 1. The minimum atomic E-state index is -0.531. The zero-order valence-corrected chi connectivity index (χ0v) is 13.4. The number of carbonyl (C=O) groups is 1. The van der Waals surface area contributed by atoms with Crippen LogP contribution in [0.3, 0.4) is 0 Å². The van der Waals surface area contributed by atoms with E-state index in [4.69, 9.17) is 9.47 Å². The van der Waals surface area contributed by atoms with Crippen molar-refractivity contribution in [2.75, 3.05) is 13.2 Å². The number of carbonyl (C=O) groups excluding carboxylic acids is 1. The average Bonchev–Trinajstić information content (AvgIpc) is 2.33. The van der Waals surface area contributed by atoms with Crippen LogP contribution < -0.4 is 10.1 Å². The average molecular weight is 348 g/mol. The number of rotatable bonds is 5. The van der Waals surface area contributed by atoms with Crippen LogP contribution in [0.4, 0.5) is 9.18 Å². The van der Waals surface area contributed by atoms with Crippen molar-refractivity contribution in [3.05, 3.63) is 29.6 Å². The van der Waals surface area contributed by atoms with E-state index in [0.29, 0.717) is 11.1 Å². The summed E-state index contributed by atoms with van der Waals surface area (Å²) in [6.07, 6.45) is -0.499. The van der Waals surface area contributed by atoms with Gasteiger partial charge in [-0.25, -0.2) is 9.18 Å². The molecular formula is C14H19BrFNO3. The molecule has 0 aliphatic heterocycles. The number of halogens is 2. The van der Waals surface area contributed by atoms with Crippen LogP contribution in [0.5, 0.6) is 5.75 Å². The highest BCUT2D eigenvalue weighted by Gasteiger charge is 2.15. The zero-order chi connectivity index (χ0) is 15.2. The lowest BCUT2D eigenvalue weighted by molar-refractivity contribution is 0.0520. The van der Waals surface area contributed by atoms with Crippen molar-refractivity contribution < 1.29 is 18.7 Å². The number of ether oxygens (including phenoxy) is 2. The Morgan fingerprint density at radius 1 is 1.40 bits per heavy atom. The van der Waals surface area contributed by atoms with Gasteiger partial charge in [-0.05, 0) is 26.8 Å². The molecule has 112 valence electrons. The van der Waals surface area contributed by atoms with Gasteiger partial charge in [-0.1, -0.05) is 22.0 Å². The van der Waals surface area contributed by atoms with Crippen LogP contribution in [0, 0.1) is 5.82 Å². The van der Waals surface area contributed by atoms with Gasteiger partial charge in [0.25, 0.3) is 0 Å². The van der Waals surface area contributed by atoms with E-state index in [1.54, 1.807) is 26.8 Å². The lowest BCUT2D eigenvalue weighted by atomic mass is 10.2. The Kier molecular flexibility index (Phi) is 6.26. The number of hydrogen-bond donors (Lipinski definition) is 1. The van der Waals surface area contributed by atoms with Gasteiger partial charge >= 0.3 is 6.09 Å². The number of hydrogen-bond acceptors (Lipinski definition) is 3. The molecule has 0 saturated heterocycles. The van der Waals surface area contributed by atoms with Crippen molar-refractivity contribution in [2.45, 2.75) is 31.7 Å². The maximum Gasteiger partial charge on any atom is 0.407 e. The molecule has 0 spiro atoms. The van der Waals surface area contributed by atoms with Crippen LogP contribution in [0.15, 0.2) is 18.2 Å². The number of nitrogens with one attached hydrogen (secondary N) is 1. The van der Waals surface area contributed by atoms with Gasteiger partial charge in [0.2, 0.25) is 0 Å². The highest BCUT2D eigenvalue weighted by molar-refractivity contribution is 9.08. The molecular weight excluding hydrogens is 329 g/mol. The van der Waals surface area contributed by atoms with E-state index < -0.39 is 11.7 Å². The molecule has 0 fully saturated rings. The molecule has 0 atom stereocenters. The summed E-state index contributed by atoms with van der Waals surface area (Å²) >= 11 is 3.31. The second-order valence-corrected chi connectivity index (χ2v) is 5.72. The first-order chi connectivity index (χ1) is 9.31. The first kappa shape index (κ1) is 16.8. The van der Waals surface area contributed by atoms with E-state index >= 15 is 0 Å². The number of amides is 1. The van der Waals surface area contributed by atoms with Gasteiger partial charge in [-0.2, -0.15) is 0 Å². The fourth-order valence-electron chi connectivity index (χ4n) is 1.40. The van der Waals surface area contributed by atoms with Gasteiger partial charge in [-0.3, -0.25) is 0 Å². The van der Waals surface area contributed by atoms with Crippen LogP contribution in [0.2, 0.25) is 0 Å². The van der Waals surface area contributed by atoms with Crippen molar-refractivity contribution in [1.82, 2.24) is 5.32 Å². The molecule has 0 bridgehead atoms. The summed E-state index contributed by atoms with van der Waals surface area (Å²) in [5.41, 5.74) is 0.319. The van der Waals surface area contributed by atoms with E-state index in [0.717, 1.165) is 5.56 Å². The van der Waals surface area contributed by atoms with E-state index in [2.05, 4.69) is 21.2 Å². The number of benzene rings is 1. The molecule has 4 nitrogen and oxygen atoms in total. The molecule has 0 unspecified atom stereocenters. The predicted octanol–water partition coefficient (Wildman–Crippen LogP) is 3.62. The van der Waals surface area contributed by atoms with Crippen LogP contribution >= 0.6 is 15.9 Å².